The summed E-state index contributed by atoms with van der Waals surface area (Å²) in [4.78, 5) is 51.1. The predicted octanol–water partition coefficient (Wildman–Crippen LogP) is 2.66. The largest absolute Gasteiger partial charge is 0.338 e. The molecule has 1 aliphatic heterocycles. The smallest absolute Gasteiger partial charge is 0.299 e. The molecule has 1 saturated heterocycles. The molecule has 2 aliphatic rings. The van der Waals surface area contributed by atoms with Gasteiger partial charge in [0.05, 0.1) is 5.69 Å². The van der Waals surface area contributed by atoms with Crippen molar-refractivity contribution < 1.29 is 19.2 Å². The van der Waals surface area contributed by atoms with E-state index in [0.717, 1.165) is 16.7 Å². The second kappa shape index (κ2) is 5.62. The fourth-order valence-electron chi connectivity index (χ4n) is 2.59. The van der Waals surface area contributed by atoms with Crippen molar-refractivity contribution in [3.05, 3.63) is 28.2 Å². The summed E-state index contributed by atoms with van der Waals surface area (Å²) in [5.74, 6) is -3.73. The first-order valence-corrected chi connectivity index (χ1v) is 7.74. The number of nitrogens with zero attached hydrogens (tertiary/aromatic N) is 2. The van der Waals surface area contributed by atoms with Crippen LogP contribution in [0.2, 0.25) is 10.0 Å². The van der Waals surface area contributed by atoms with Crippen LogP contribution >= 0.6 is 23.2 Å². The summed E-state index contributed by atoms with van der Waals surface area (Å²) in [5.41, 5.74) is 0.141. The maximum atomic E-state index is 12.6. The first kappa shape index (κ1) is 16.0. The lowest BCUT2D eigenvalue weighted by Crippen LogP contribution is -2.62. The van der Waals surface area contributed by atoms with Crippen LogP contribution in [0.3, 0.4) is 0 Å². The molecule has 1 heterocycles. The van der Waals surface area contributed by atoms with E-state index in [2.05, 4.69) is 0 Å². The summed E-state index contributed by atoms with van der Waals surface area (Å²) in [6, 6.07) is 3.21. The number of benzene rings is 1. The molecule has 0 aromatic heterocycles. The Morgan fingerprint density at radius 3 is 2.09 bits per heavy atom. The molecule has 1 saturated carbocycles. The van der Waals surface area contributed by atoms with Crippen LogP contribution in [0.25, 0.3) is 0 Å². The minimum Gasteiger partial charge on any atom is -0.299 e. The average molecular weight is 355 g/mol. The van der Waals surface area contributed by atoms with Gasteiger partial charge < -0.3 is 0 Å². The van der Waals surface area contributed by atoms with Crippen LogP contribution in [0, 0.1) is 5.92 Å². The summed E-state index contributed by atoms with van der Waals surface area (Å²) in [6.45, 7) is 1.16. The number of ketones is 1. The zero-order valence-electron chi connectivity index (χ0n) is 12.1. The summed E-state index contributed by atoms with van der Waals surface area (Å²) >= 11 is 11.8. The van der Waals surface area contributed by atoms with Crippen LogP contribution in [0.4, 0.5) is 10.5 Å². The van der Waals surface area contributed by atoms with Gasteiger partial charge in [0, 0.05) is 16.1 Å². The molecule has 6 nitrogen and oxygen atoms in total. The Morgan fingerprint density at radius 2 is 1.61 bits per heavy atom. The second-order valence-electron chi connectivity index (χ2n) is 5.57. The number of carbonyl (C=O) groups excluding carboxylic acids is 4. The normalized spacial score (nSPS) is 21.9. The van der Waals surface area contributed by atoms with Crippen molar-refractivity contribution >= 4 is 52.5 Å². The monoisotopic (exact) mass is 354 g/mol. The van der Waals surface area contributed by atoms with Crippen LogP contribution in [-0.2, 0) is 14.4 Å². The minimum atomic E-state index is -1.51. The minimum absolute atomic E-state index is 0.141. The standard InChI is InChI=1S/C15H12Cl2N2O4/c1-7(20)12-13(21)18(10-2-3-10)15(23)19(14(12)22)11-5-8(16)4-9(17)6-11/h4-6,10,12H,2-3H2,1H3. The van der Waals surface area contributed by atoms with Crippen LogP contribution in [-0.4, -0.2) is 34.6 Å². The number of amides is 4. The molecule has 1 atom stereocenters. The number of anilines is 1. The van der Waals surface area contributed by atoms with E-state index in [9.17, 15) is 19.2 Å². The SMILES string of the molecule is CC(=O)C1C(=O)N(c2cc(Cl)cc(Cl)c2)C(=O)N(C2CC2)C1=O. The highest BCUT2D eigenvalue weighted by molar-refractivity contribution is 6.37. The maximum Gasteiger partial charge on any atom is 0.338 e. The van der Waals surface area contributed by atoms with Crippen molar-refractivity contribution in [2.24, 2.45) is 5.92 Å². The van der Waals surface area contributed by atoms with Gasteiger partial charge in [-0.05, 0) is 38.0 Å². The zero-order valence-corrected chi connectivity index (χ0v) is 13.6. The van der Waals surface area contributed by atoms with Crippen molar-refractivity contribution in [2.75, 3.05) is 4.90 Å². The van der Waals surface area contributed by atoms with Gasteiger partial charge in [-0.2, -0.15) is 0 Å². The molecular weight excluding hydrogens is 343 g/mol. The highest BCUT2D eigenvalue weighted by Gasteiger charge is 2.52. The fraction of sp³-hybridized carbons (Fsp3) is 0.333. The third-order valence-electron chi connectivity index (χ3n) is 3.77. The number of hydrogen-bond acceptors (Lipinski definition) is 4. The van der Waals surface area contributed by atoms with Crippen molar-refractivity contribution in [1.29, 1.82) is 0 Å². The number of halogens is 2. The van der Waals surface area contributed by atoms with E-state index in [1.165, 1.54) is 18.2 Å². The van der Waals surface area contributed by atoms with Gasteiger partial charge >= 0.3 is 6.03 Å². The fourth-order valence-corrected chi connectivity index (χ4v) is 3.11. The third-order valence-corrected chi connectivity index (χ3v) is 4.21. The summed E-state index contributed by atoms with van der Waals surface area (Å²) in [5, 5.41) is 0.477. The van der Waals surface area contributed by atoms with Gasteiger partial charge in [0.25, 0.3) is 11.8 Å². The molecule has 23 heavy (non-hydrogen) atoms. The Kier molecular flexibility index (Phi) is 3.90. The number of urea groups is 1. The molecule has 1 aromatic carbocycles. The number of Topliss-reactive ketones (excluding diaryl/α,β-unsaturated/α-hetero) is 1. The van der Waals surface area contributed by atoms with E-state index in [4.69, 9.17) is 23.2 Å². The van der Waals surface area contributed by atoms with Crippen molar-refractivity contribution in [2.45, 2.75) is 25.8 Å². The predicted molar refractivity (Wildman–Crippen MR) is 83.4 cm³/mol. The van der Waals surface area contributed by atoms with Gasteiger partial charge in [-0.25, -0.2) is 9.69 Å². The average Bonchev–Trinajstić information content (AvgIpc) is 3.21. The van der Waals surface area contributed by atoms with E-state index in [-0.39, 0.29) is 21.8 Å². The molecule has 0 spiro atoms. The molecule has 120 valence electrons. The van der Waals surface area contributed by atoms with Crippen LogP contribution in [0.1, 0.15) is 19.8 Å². The first-order chi connectivity index (χ1) is 10.8. The molecule has 4 amide bonds. The Hall–Kier alpha value is -1.92. The highest BCUT2D eigenvalue weighted by Crippen LogP contribution is 2.35. The van der Waals surface area contributed by atoms with Gasteiger partial charge in [0.1, 0.15) is 0 Å². The lowest BCUT2D eigenvalue weighted by Gasteiger charge is -2.36. The van der Waals surface area contributed by atoms with Crippen molar-refractivity contribution in [3.63, 3.8) is 0 Å². The highest BCUT2D eigenvalue weighted by atomic mass is 35.5. The number of rotatable bonds is 3. The first-order valence-electron chi connectivity index (χ1n) is 6.99. The van der Waals surface area contributed by atoms with E-state index in [1.54, 1.807) is 0 Å². The van der Waals surface area contributed by atoms with Gasteiger partial charge in [0.2, 0.25) is 0 Å². The van der Waals surface area contributed by atoms with E-state index >= 15 is 0 Å². The third kappa shape index (κ3) is 2.72. The molecular formula is C15H12Cl2N2O4. The zero-order chi connectivity index (χ0) is 16.9. The van der Waals surface area contributed by atoms with E-state index in [0.29, 0.717) is 12.8 Å². The van der Waals surface area contributed by atoms with Gasteiger partial charge in [-0.3, -0.25) is 19.3 Å². The molecule has 1 unspecified atom stereocenters. The Labute approximate surface area is 141 Å². The maximum absolute atomic E-state index is 12.6. The van der Waals surface area contributed by atoms with Gasteiger partial charge in [-0.1, -0.05) is 23.2 Å². The van der Waals surface area contributed by atoms with Crippen LogP contribution < -0.4 is 4.90 Å². The second-order valence-corrected chi connectivity index (χ2v) is 6.44. The van der Waals surface area contributed by atoms with Gasteiger partial charge in [-0.15, -0.1) is 0 Å². The molecule has 3 rings (SSSR count). The summed E-state index contributed by atoms with van der Waals surface area (Å²) in [7, 11) is 0. The molecule has 0 N–H and O–H groups in total. The lowest BCUT2D eigenvalue weighted by atomic mass is 9.98. The number of hydrogen-bond donors (Lipinski definition) is 0. The molecule has 8 heteroatoms. The Morgan fingerprint density at radius 1 is 1.04 bits per heavy atom. The van der Waals surface area contributed by atoms with Crippen LogP contribution in [0.15, 0.2) is 18.2 Å². The Bertz CT molecular complexity index is 725. The van der Waals surface area contributed by atoms with Crippen molar-refractivity contribution in [1.82, 2.24) is 4.90 Å². The quantitative estimate of drug-likeness (QED) is 0.782. The number of carbonyl (C=O) groups is 4. The molecule has 2 fully saturated rings. The van der Waals surface area contributed by atoms with Crippen LogP contribution in [0.5, 0.6) is 0 Å². The summed E-state index contributed by atoms with van der Waals surface area (Å²) in [6.07, 6.45) is 1.33. The molecule has 0 radical (unpaired) electrons. The molecule has 1 aliphatic carbocycles. The molecule has 1 aromatic rings. The molecule has 0 bridgehead atoms. The lowest BCUT2D eigenvalue weighted by molar-refractivity contribution is -0.145. The topological polar surface area (TPSA) is 74.8 Å². The van der Waals surface area contributed by atoms with E-state index in [1.807, 2.05) is 0 Å². The number of barbiturate groups is 1. The van der Waals surface area contributed by atoms with E-state index < -0.39 is 29.5 Å². The van der Waals surface area contributed by atoms with Crippen molar-refractivity contribution in [3.8, 4) is 0 Å². The summed E-state index contributed by atoms with van der Waals surface area (Å²) < 4.78 is 0. The van der Waals surface area contributed by atoms with Gasteiger partial charge in [0.15, 0.2) is 11.7 Å². The number of imide groups is 2. The Balaban J connectivity index is 2.09.